The van der Waals surface area contributed by atoms with Crippen molar-refractivity contribution in [1.82, 2.24) is 0 Å². The number of allylic oxidation sites excluding steroid dienone is 1. The summed E-state index contributed by atoms with van der Waals surface area (Å²) in [6, 6.07) is 4.62. The number of rotatable bonds is 0. The fourth-order valence-corrected chi connectivity index (χ4v) is 1.16. The van der Waals surface area contributed by atoms with E-state index < -0.39 is 0 Å². The van der Waals surface area contributed by atoms with E-state index in [4.69, 9.17) is 0 Å². The lowest BCUT2D eigenvalue weighted by Crippen LogP contribution is -2.73. The maximum absolute atomic E-state index is 12.6. The van der Waals surface area contributed by atoms with Crippen LogP contribution in [0.4, 0.5) is 4.39 Å². The minimum absolute atomic E-state index is 0.212. The second-order valence-corrected chi connectivity index (χ2v) is 2.53. The minimum atomic E-state index is -0.212. The van der Waals surface area contributed by atoms with Gasteiger partial charge in [-0.1, -0.05) is 0 Å². The third-order valence-corrected chi connectivity index (χ3v) is 1.64. The monoisotopic (exact) mass is 148 g/mol. The van der Waals surface area contributed by atoms with Gasteiger partial charge in [0.05, 0.1) is 5.22 Å². The van der Waals surface area contributed by atoms with Gasteiger partial charge in [-0.05, 0) is 18.7 Å². The molecule has 1 aromatic rings. The summed E-state index contributed by atoms with van der Waals surface area (Å²) in [4.78, 5) is 3.01. The zero-order valence-electron chi connectivity index (χ0n) is 5.89. The molecule has 0 amide bonds. The molecule has 1 N–H and O–H groups in total. The quantitative estimate of drug-likeness (QED) is 0.477. The van der Waals surface area contributed by atoms with Crippen LogP contribution >= 0.6 is 0 Å². The highest BCUT2D eigenvalue weighted by Crippen LogP contribution is 1.87. The van der Waals surface area contributed by atoms with Crippen molar-refractivity contribution in [2.75, 3.05) is 0 Å². The summed E-state index contributed by atoms with van der Waals surface area (Å²) in [5, 5.41) is 1.80. The van der Waals surface area contributed by atoms with E-state index >= 15 is 0 Å². The molecule has 0 radical (unpaired) electrons. The summed E-state index contributed by atoms with van der Waals surface area (Å²) in [5.74, 6) is -0.212. The molecular weight excluding hydrogens is 141 g/mol. The van der Waals surface area contributed by atoms with Crippen molar-refractivity contribution >= 4 is 6.08 Å². The zero-order chi connectivity index (χ0) is 7.84. The van der Waals surface area contributed by atoms with Crippen LogP contribution in [0.1, 0.15) is 0 Å². The molecule has 0 aliphatic carbocycles. The summed E-state index contributed by atoms with van der Waals surface area (Å²) in [7, 11) is 0. The molecule has 0 bridgehead atoms. The van der Waals surface area contributed by atoms with E-state index in [0.717, 1.165) is 16.3 Å². The molecule has 1 aliphatic heterocycles. The molecule has 1 aliphatic rings. The number of nitrogens with one attached hydrogen (secondary N) is 1. The van der Waals surface area contributed by atoms with Crippen LogP contribution in [-0.4, -0.2) is 0 Å². The fraction of sp³-hybridized carbons (Fsp3) is 0. The molecule has 1 heterocycles. The molecule has 0 spiro atoms. The lowest BCUT2D eigenvalue weighted by atomic mass is 10.3. The molecule has 2 heteroatoms. The predicted octanol–water partition coefficient (Wildman–Crippen LogP) is -1.17. The molecule has 0 aromatic heterocycles. The van der Waals surface area contributed by atoms with Gasteiger partial charge < -0.3 is 0 Å². The van der Waals surface area contributed by atoms with Crippen LogP contribution in [0.2, 0.25) is 0 Å². The first-order chi connectivity index (χ1) is 5.25. The van der Waals surface area contributed by atoms with Gasteiger partial charge in [-0.2, -0.15) is 0 Å². The first kappa shape index (κ1) is 6.28. The third kappa shape index (κ3) is 0.963. The maximum Gasteiger partial charge on any atom is 0.211 e. The van der Waals surface area contributed by atoms with Crippen LogP contribution in [0.15, 0.2) is 30.5 Å². The lowest BCUT2D eigenvalue weighted by molar-refractivity contribution is -0.430. The third-order valence-electron chi connectivity index (χ3n) is 1.64. The van der Waals surface area contributed by atoms with Crippen molar-refractivity contribution in [2.45, 2.75) is 0 Å². The maximum atomic E-state index is 12.6. The average molecular weight is 148 g/mol. The normalized spacial score (nSPS) is 13.7. The van der Waals surface area contributed by atoms with Crippen LogP contribution in [-0.2, 0) is 0 Å². The van der Waals surface area contributed by atoms with Gasteiger partial charge in [0.15, 0.2) is 5.70 Å². The van der Waals surface area contributed by atoms with E-state index in [0.29, 0.717) is 0 Å². The van der Waals surface area contributed by atoms with E-state index in [1.54, 1.807) is 6.07 Å². The van der Waals surface area contributed by atoms with Crippen LogP contribution < -0.4 is 15.6 Å². The second kappa shape index (κ2) is 2.02. The number of halogens is 1. The van der Waals surface area contributed by atoms with E-state index in [-0.39, 0.29) is 5.82 Å². The molecule has 0 unspecified atom stereocenters. The molecule has 2 rings (SSSR count). The molecule has 1 nitrogen and oxygen atoms in total. The highest BCUT2D eigenvalue weighted by atomic mass is 19.1. The SMILES string of the molecule is C=C1C=c2cc(F)ccc2=[NH+]1. The molecule has 0 saturated heterocycles. The summed E-state index contributed by atoms with van der Waals surface area (Å²) < 4.78 is 12.6. The Hall–Kier alpha value is -1.44. The van der Waals surface area contributed by atoms with Crippen molar-refractivity contribution in [2.24, 2.45) is 0 Å². The highest BCUT2D eigenvalue weighted by molar-refractivity contribution is 5.40. The summed E-state index contributed by atoms with van der Waals surface area (Å²) in [6.07, 6.45) is 1.82. The Morgan fingerprint density at radius 1 is 1.36 bits per heavy atom. The first-order valence-corrected chi connectivity index (χ1v) is 3.36. The number of fused-ring (bicyclic) bond motifs is 1. The Bertz CT molecular complexity index is 431. The van der Waals surface area contributed by atoms with Gasteiger partial charge in [0.25, 0.3) is 0 Å². The molecule has 1 aromatic carbocycles. The number of benzene rings is 1. The Morgan fingerprint density at radius 3 is 3.00 bits per heavy atom. The molecule has 0 saturated carbocycles. The zero-order valence-corrected chi connectivity index (χ0v) is 5.89. The topological polar surface area (TPSA) is 14.0 Å². The molecule has 11 heavy (non-hydrogen) atoms. The van der Waals surface area contributed by atoms with Crippen LogP contribution in [0.25, 0.3) is 6.08 Å². The molecule has 0 fully saturated rings. The average Bonchev–Trinajstić information content (AvgIpc) is 2.27. The molecular formula is C9H7FN+. The Morgan fingerprint density at radius 2 is 2.18 bits per heavy atom. The van der Waals surface area contributed by atoms with Crippen LogP contribution in [0.5, 0.6) is 0 Å². The number of hydrogen-bond donors (Lipinski definition) is 1. The van der Waals surface area contributed by atoms with Gasteiger partial charge in [0.2, 0.25) is 5.36 Å². The standard InChI is InChI=1S/C9H6FN/c1-6-4-7-5-8(10)2-3-9(7)11-6/h2-5H,1H2/p+1. The second-order valence-electron chi connectivity index (χ2n) is 2.53. The molecule has 0 atom stereocenters. The Kier molecular flexibility index (Phi) is 1.15. The number of hydrogen-bond acceptors (Lipinski definition) is 0. The van der Waals surface area contributed by atoms with E-state index in [1.807, 2.05) is 6.08 Å². The minimum Gasteiger partial charge on any atom is -0.207 e. The Labute approximate surface area is 63.2 Å². The Balaban J connectivity index is 2.89. The summed E-state index contributed by atoms with van der Waals surface area (Å²) in [5.41, 5.74) is 0.811. The van der Waals surface area contributed by atoms with Gasteiger partial charge in [-0.25, -0.2) is 9.38 Å². The summed E-state index contributed by atoms with van der Waals surface area (Å²) >= 11 is 0. The largest absolute Gasteiger partial charge is 0.211 e. The van der Waals surface area contributed by atoms with Crippen LogP contribution in [0.3, 0.4) is 0 Å². The van der Waals surface area contributed by atoms with Gasteiger partial charge in [-0.15, -0.1) is 0 Å². The van der Waals surface area contributed by atoms with E-state index in [2.05, 4.69) is 11.6 Å². The van der Waals surface area contributed by atoms with Crippen molar-refractivity contribution in [3.8, 4) is 0 Å². The van der Waals surface area contributed by atoms with E-state index in [1.165, 1.54) is 12.1 Å². The van der Waals surface area contributed by atoms with Gasteiger partial charge in [-0.3, -0.25) is 0 Å². The van der Waals surface area contributed by atoms with Crippen molar-refractivity contribution < 1.29 is 9.38 Å². The summed E-state index contributed by atoms with van der Waals surface area (Å²) in [6.45, 7) is 3.71. The highest BCUT2D eigenvalue weighted by Gasteiger charge is 2.04. The van der Waals surface area contributed by atoms with E-state index in [9.17, 15) is 4.39 Å². The lowest BCUT2D eigenvalue weighted by Gasteiger charge is -1.79. The van der Waals surface area contributed by atoms with Crippen molar-refractivity contribution in [1.29, 1.82) is 0 Å². The van der Waals surface area contributed by atoms with Gasteiger partial charge in [0, 0.05) is 12.1 Å². The first-order valence-electron chi connectivity index (χ1n) is 3.36. The van der Waals surface area contributed by atoms with Gasteiger partial charge >= 0.3 is 0 Å². The predicted molar refractivity (Wildman–Crippen MR) is 39.3 cm³/mol. The van der Waals surface area contributed by atoms with Crippen molar-refractivity contribution in [3.05, 3.63) is 46.9 Å². The molecule has 54 valence electrons. The smallest absolute Gasteiger partial charge is 0.207 e. The van der Waals surface area contributed by atoms with Crippen molar-refractivity contribution in [3.63, 3.8) is 0 Å². The van der Waals surface area contributed by atoms with Gasteiger partial charge in [0.1, 0.15) is 5.82 Å². The van der Waals surface area contributed by atoms with Crippen LogP contribution in [0, 0.1) is 5.82 Å². The fourth-order valence-electron chi connectivity index (χ4n) is 1.16.